The van der Waals surface area contributed by atoms with E-state index in [1.807, 2.05) is 6.92 Å². The SMILES string of the molecule is CCc1cnc(Cl)cc1Cl. The second-order valence-electron chi connectivity index (χ2n) is 1.95. The molecule has 0 N–H and O–H groups in total. The predicted molar refractivity (Wildman–Crippen MR) is 43.6 cm³/mol. The third-order valence-corrected chi connectivity index (χ3v) is 1.84. The minimum Gasteiger partial charge on any atom is -0.244 e. The van der Waals surface area contributed by atoms with Crippen molar-refractivity contribution in [1.82, 2.24) is 4.98 Å². The third kappa shape index (κ3) is 1.61. The van der Waals surface area contributed by atoms with Gasteiger partial charge in [0.1, 0.15) is 5.15 Å². The van der Waals surface area contributed by atoms with Gasteiger partial charge in [0.15, 0.2) is 0 Å². The number of nitrogens with zero attached hydrogens (tertiary/aromatic N) is 1. The molecule has 0 fully saturated rings. The number of hydrogen-bond donors (Lipinski definition) is 0. The monoisotopic (exact) mass is 175 g/mol. The minimum atomic E-state index is 0.446. The van der Waals surface area contributed by atoms with Gasteiger partial charge in [0.05, 0.1) is 0 Å². The third-order valence-electron chi connectivity index (χ3n) is 1.28. The molecule has 0 radical (unpaired) electrons. The molecule has 1 rings (SSSR count). The fourth-order valence-electron chi connectivity index (χ4n) is 0.696. The molecule has 0 aliphatic heterocycles. The van der Waals surface area contributed by atoms with Crippen molar-refractivity contribution < 1.29 is 0 Å². The zero-order valence-corrected chi connectivity index (χ0v) is 7.08. The van der Waals surface area contributed by atoms with Gasteiger partial charge in [-0.25, -0.2) is 4.98 Å². The predicted octanol–water partition coefficient (Wildman–Crippen LogP) is 2.95. The average Bonchev–Trinajstić information content (AvgIpc) is 1.88. The van der Waals surface area contributed by atoms with Gasteiger partial charge in [-0.2, -0.15) is 0 Å². The summed E-state index contributed by atoms with van der Waals surface area (Å²) in [5, 5.41) is 1.14. The molecule has 0 atom stereocenters. The summed E-state index contributed by atoms with van der Waals surface area (Å²) in [5.74, 6) is 0. The number of aromatic nitrogens is 1. The quantitative estimate of drug-likeness (QED) is 0.599. The van der Waals surface area contributed by atoms with Crippen molar-refractivity contribution in [3.63, 3.8) is 0 Å². The van der Waals surface area contributed by atoms with Crippen LogP contribution < -0.4 is 0 Å². The summed E-state index contributed by atoms with van der Waals surface area (Å²) in [7, 11) is 0. The van der Waals surface area contributed by atoms with Crippen LogP contribution in [0.25, 0.3) is 0 Å². The van der Waals surface area contributed by atoms with Crippen LogP contribution in [0.15, 0.2) is 12.3 Å². The average molecular weight is 176 g/mol. The first-order valence-corrected chi connectivity index (χ1v) is 3.79. The number of halogens is 2. The summed E-state index contributed by atoms with van der Waals surface area (Å²) in [6, 6.07) is 1.65. The Labute approximate surface area is 70.0 Å². The lowest BCUT2D eigenvalue weighted by molar-refractivity contribution is 1.10. The topological polar surface area (TPSA) is 12.9 Å². The molecule has 1 nitrogen and oxygen atoms in total. The van der Waals surface area contributed by atoms with E-state index in [0.29, 0.717) is 10.2 Å². The molecule has 0 spiro atoms. The Bertz CT molecular complexity index is 235. The van der Waals surface area contributed by atoms with Crippen LogP contribution in [-0.4, -0.2) is 4.98 Å². The highest BCUT2D eigenvalue weighted by Gasteiger charge is 1.97. The Morgan fingerprint density at radius 3 is 2.70 bits per heavy atom. The lowest BCUT2D eigenvalue weighted by Crippen LogP contribution is -1.83. The summed E-state index contributed by atoms with van der Waals surface area (Å²) in [6.45, 7) is 2.02. The Morgan fingerprint density at radius 2 is 2.20 bits per heavy atom. The molecule has 0 unspecified atom stereocenters. The lowest BCUT2D eigenvalue weighted by Gasteiger charge is -1.98. The van der Waals surface area contributed by atoms with Gasteiger partial charge in [0.2, 0.25) is 0 Å². The molecule has 0 aliphatic rings. The Kier molecular flexibility index (Phi) is 2.52. The molecule has 1 heterocycles. The van der Waals surface area contributed by atoms with E-state index in [9.17, 15) is 0 Å². The van der Waals surface area contributed by atoms with Crippen LogP contribution in [0.3, 0.4) is 0 Å². The van der Waals surface area contributed by atoms with Crippen LogP contribution in [-0.2, 0) is 6.42 Å². The number of rotatable bonds is 1. The standard InChI is InChI=1S/C7H7Cl2N/c1-2-5-4-10-7(9)3-6(5)8/h3-4H,2H2,1H3. The van der Waals surface area contributed by atoms with E-state index < -0.39 is 0 Å². The lowest BCUT2D eigenvalue weighted by atomic mass is 10.2. The van der Waals surface area contributed by atoms with E-state index in [4.69, 9.17) is 23.2 Å². The second-order valence-corrected chi connectivity index (χ2v) is 2.75. The minimum absolute atomic E-state index is 0.446. The molecule has 3 heteroatoms. The van der Waals surface area contributed by atoms with Gasteiger partial charge in [-0.1, -0.05) is 30.1 Å². The first-order valence-electron chi connectivity index (χ1n) is 3.04. The first-order chi connectivity index (χ1) is 4.74. The highest BCUT2D eigenvalue weighted by atomic mass is 35.5. The Hall–Kier alpha value is -0.270. The highest BCUT2D eigenvalue weighted by Crippen LogP contribution is 2.18. The van der Waals surface area contributed by atoms with Gasteiger partial charge in [-0.15, -0.1) is 0 Å². The molecule has 1 aromatic heterocycles. The zero-order valence-electron chi connectivity index (χ0n) is 5.56. The molecule has 1 aromatic rings. The van der Waals surface area contributed by atoms with Crippen molar-refractivity contribution in [3.05, 3.63) is 28.0 Å². The van der Waals surface area contributed by atoms with Crippen LogP contribution in [0.5, 0.6) is 0 Å². The summed E-state index contributed by atoms with van der Waals surface area (Å²) < 4.78 is 0. The van der Waals surface area contributed by atoms with Crippen LogP contribution in [0.2, 0.25) is 10.2 Å². The summed E-state index contributed by atoms with van der Waals surface area (Å²) in [4.78, 5) is 3.89. The molecule has 0 amide bonds. The Morgan fingerprint density at radius 1 is 1.50 bits per heavy atom. The molecule has 0 aromatic carbocycles. The molecular formula is C7H7Cl2N. The maximum absolute atomic E-state index is 5.81. The highest BCUT2D eigenvalue weighted by molar-refractivity contribution is 6.34. The van der Waals surface area contributed by atoms with E-state index in [1.54, 1.807) is 12.3 Å². The summed E-state index contributed by atoms with van der Waals surface area (Å²) in [5.41, 5.74) is 1.03. The van der Waals surface area contributed by atoms with Gasteiger partial charge in [-0.05, 0) is 18.1 Å². The fourth-order valence-corrected chi connectivity index (χ4v) is 1.20. The fraction of sp³-hybridized carbons (Fsp3) is 0.286. The van der Waals surface area contributed by atoms with Gasteiger partial charge >= 0.3 is 0 Å². The van der Waals surface area contributed by atoms with Gasteiger partial charge in [-0.3, -0.25) is 0 Å². The molecule has 0 saturated carbocycles. The van der Waals surface area contributed by atoms with Crippen LogP contribution in [0.4, 0.5) is 0 Å². The summed E-state index contributed by atoms with van der Waals surface area (Å²) >= 11 is 11.4. The second kappa shape index (κ2) is 3.22. The van der Waals surface area contributed by atoms with E-state index in [-0.39, 0.29) is 0 Å². The van der Waals surface area contributed by atoms with Crippen LogP contribution in [0, 0.1) is 0 Å². The van der Waals surface area contributed by atoms with E-state index in [2.05, 4.69) is 4.98 Å². The van der Waals surface area contributed by atoms with Crippen molar-refractivity contribution in [1.29, 1.82) is 0 Å². The summed E-state index contributed by atoms with van der Waals surface area (Å²) in [6.07, 6.45) is 2.59. The van der Waals surface area contributed by atoms with Crippen molar-refractivity contribution >= 4 is 23.2 Å². The molecule has 0 saturated heterocycles. The van der Waals surface area contributed by atoms with Crippen LogP contribution >= 0.6 is 23.2 Å². The van der Waals surface area contributed by atoms with Gasteiger partial charge in [0.25, 0.3) is 0 Å². The van der Waals surface area contributed by atoms with Crippen molar-refractivity contribution in [3.8, 4) is 0 Å². The van der Waals surface area contributed by atoms with Crippen molar-refractivity contribution in [2.45, 2.75) is 13.3 Å². The maximum atomic E-state index is 5.81. The molecule has 10 heavy (non-hydrogen) atoms. The van der Waals surface area contributed by atoms with Crippen molar-refractivity contribution in [2.75, 3.05) is 0 Å². The van der Waals surface area contributed by atoms with Gasteiger partial charge < -0.3 is 0 Å². The zero-order chi connectivity index (χ0) is 7.56. The first kappa shape index (κ1) is 7.83. The molecular weight excluding hydrogens is 169 g/mol. The molecule has 54 valence electrons. The molecule has 0 bridgehead atoms. The normalized spacial score (nSPS) is 9.90. The number of hydrogen-bond acceptors (Lipinski definition) is 1. The number of aryl methyl sites for hydroxylation is 1. The smallest absolute Gasteiger partial charge is 0.130 e. The number of pyridine rings is 1. The van der Waals surface area contributed by atoms with E-state index in [1.165, 1.54) is 0 Å². The Balaban J connectivity index is 3.07. The molecule has 0 aliphatic carbocycles. The van der Waals surface area contributed by atoms with E-state index >= 15 is 0 Å². The van der Waals surface area contributed by atoms with Gasteiger partial charge in [0, 0.05) is 11.2 Å². The van der Waals surface area contributed by atoms with Crippen LogP contribution in [0.1, 0.15) is 12.5 Å². The largest absolute Gasteiger partial charge is 0.244 e. The maximum Gasteiger partial charge on any atom is 0.130 e. The van der Waals surface area contributed by atoms with E-state index in [0.717, 1.165) is 12.0 Å². The van der Waals surface area contributed by atoms with Crippen molar-refractivity contribution in [2.24, 2.45) is 0 Å².